The molecule has 1 amide bonds. The first-order valence-electron chi connectivity index (χ1n) is 11.3. The zero-order valence-corrected chi connectivity index (χ0v) is 20.4. The molecular weight excluding hydrogens is 430 g/mol. The molecule has 172 valence electrons. The van der Waals surface area contributed by atoms with Crippen molar-refractivity contribution in [3.63, 3.8) is 0 Å². The number of benzene rings is 1. The molecule has 0 spiro atoms. The van der Waals surface area contributed by atoms with Gasteiger partial charge in [-0.25, -0.2) is 0 Å². The molecule has 2 aromatic heterocycles. The molecule has 4 rings (SSSR count). The maximum absolute atomic E-state index is 12.7. The number of pyridine rings is 1. The first kappa shape index (κ1) is 23.0. The molecule has 0 radical (unpaired) electrons. The van der Waals surface area contributed by atoms with E-state index >= 15 is 0 Å². The van der Waals surface area contributed by atoms with Crippen molar-refractivity contribution in [3.05, 3.63) is 83.9 Å². The molecule has 33 heavy (non-hydrogen) atoms. The van der Waals surface area contributed by atoms with Crippen molar-refractivity contribution in [2.24, 2.45) is 0 Å². The Morgan fingerprint density at radius 3 is 2.58 bits per heavy atom. The van der Waals surface area contributed by atoms with E-state index in [4.69, 9.17) is 12.2 Å². The number of rotatable bonds is 6. The molecule has 6 nitrogen and oxygen atoms in total. The van der Waals surface area contributed by atoms with Gasteiger partial charge in [0.25, 0.3) is 0 Å². The highest BCUT2D eigenvalue weighted by Gasteiger charge is 2.40. The van der Waals surface area contributed by atoms with Crippen molar-refractivity contribution in [1.82, 2.24) is 19.8 Å². The Kier molecular flexibility index (Phi) is 6.51. The van der Waals surface area contributed by atoms with Crippen LogP contribution in [0.1, 0.15) is 56.1 Å². The molecule has 7 heteroatoms. The number of hydrogen-bond donors (Lipinski definition) is 2. The zero-order valence-electron chi connectivity index (χ0n) is 19.6. The van der Waals surface area contributed by atoms with Crippen LogP contribution in [0.25, 0.3) is 0 Å². The number of nitrogens with one attached hydrogen (secondary N) is 2. The van der Waals surface area contributed by atoms with E-state index in [9.17, 15) is 4.79 Å². The Hall–Kier alpha value is -3.19. The number of para-hydroxylation sites is 1. The van der Waals surface area contributed by atoms with Crippen molar-refractivity contribution < 1.29 is 4.79 Å². The third-order valence-electron chi connectivity index (χ3n) is 6.03. The Labute approximate surface area is 201 Å². The summed E-state index contributed by atoms with van der Waals surface area (Å²) in [4.78, 5) is 19.4. The number of hydrogen-bond acceptors (Lipinski definition) is 3. The second-order valence-corrected chi connectivity index (χ2v) is 9.84. The van der Waals surface area contributed by atoms with Crippen LogP contribution in [0.3, 0.4) is 0 Å². The minimum atomic E-state index is -0.0889. The summed E-state index contributed by atoms with van der Waals surface area (Å²) in [6.45, 7) is 9.04. The van der Waals surface area contributed by atoms with Gasteiger partial charge in [0.1, 0.15) is 0 Å². The summed E-state index contributed by atoms with van der Waals surface area (Å²) >= 11 is 5.73. The van der Waals surface area contributed by atoms with Crippen LogP contribution >= 0.6 is 12.2 Å². The molecule has 1 fully saturated rings. The minimum absolute atomic E-state index is 0.0243. The number of aromatic nitrogens is 2. The molecule has 2 atom stereocenters. The Balaban J connectivity index is 1.57. The highest BCUT2D eigenvalue weighted by molar-refractivity contribution is 7.80. The molecule has 1 aliphatic rings. The topological polar surface area (TPSA) is 62.2 Å². The number of aryl methyl sites for hydroxylation is 1. The van der Waals surface area contributed by atoms with Gasteiger partial charge in [-0.2, -0.15) is 0 Å². The molecule has 1 aromatic carbocycles. The number of amides is 1. The number of carbonyl (C=O) groups excluding carboxylic acids is 1. The van der Waals surface area contributed by atoms with Crippen LogP contribution in [0, 0.1) is 6.92 Å². The highest BCUT2D eigenvalue weighted by atomic mass is 32.1. The van der Waals surface area contributed by atoms with E-state index < -0.39 is 0 Å². The van der Waals surface area contributed by atoms with Crippen LogP contribution in [0.4, 0.5) is 5.69 Å². The van der Waals surface area contributed by atoms with E-state index in [1.165, 1.54) is 0 Å². The van der Waals surface area contributed by atoms with Gasteiger partial charge >= 0.3 is 0 Å². The normalized spacial score (nSPS) is 18.3. The maximum atomic E-state index is 12.7. The molecule has 0 saturated carbocycles. The summed E-state index contributed by atoms with van der Waals surface area (Å²) < 4.78 is 2.21. The second kappa shape index (κ2) is 9.35. The molecule has 1 aliphatic heterocycles. The van der Waals surface area contributed by atoms with Crippen LogP contribution < -0.4 is 10.6 Å². The maximum Gasteiger partial charge on any atom is 0.226 e. The Morgan fingerprint density at radius 2 is 1.91 bits per heavy atom. The van der Waals surface area contributed by atoms with Crippen LogP contribution in [0.5, 0.6) is 0 Å². The van der Waals surface area contributed by atoms with Gasteiger partial charge in [-0.05, 0) is 75.3 Å². The van der Waals surface area contributed by atoms with Crippen molar-refractivity contribution >= 4 is 28.9 Å². The predicted molar refractivity (Wildman–Crippen MR) is 136 cm³/mol. The van der Waals surface area contributed by atoms with E-state index in [-0.39, 0.29) is 23.5 Å². The number of carbonyl (C=O) groups is 1. The fraction of sp³-hybridized carbons (Fsp3) is 0.346. The van der Waals surface area contributed by atoms with Crippen molar-refractivity contribution in [3.8, 4) is 0 Å². The molecule has 3 aromatic rings. The zero-order chi connectivity index (χ0) is 23.6. The minimum Gasteiger partial charge on any atom is -0.352 e. The fourth-order valence-electron chi connectivity index (χ4n) is 4.16. The highest BCUT2D eigenvalue weighted by Crippen LogP contribution is 2.39. The lowest BCUT2D eigenvalue weighted by Gasteiger charge is -2.27. The van der Waals surface area contributed by atoms with Crippen LogP contribution in [0.2, 0.25) is 0 Å². The van der Waals surface area contributed by atoms with Gasteiger partial charge in [0.2, 0.25) is 5.91 Å². The summed E-state index contributed by atoms with van der Waals surface area (Å²) in [6, 6.07) is 15.7. The summed E-state index contributed by atoms with van der Waals surface area (Å²) in [6.07, 6.45) is 6.42. The second-order valence-electron chi connectivity index (χ2n) is 9.46. The summed E-state index contributed by atoms with van der Waals surface area (Å²) in [5.74, 6) is -0.0283. The van der Waals surface area contributed by atoms with Gasteiger partial charge < -0.3 is 20.1 Å². The molecule has 0 unspecified atom stereocenters. The van der Waals surface area contributed by atoms with Crippen molar-refractivity contribution in [2.45, 2.75) is 51.7 Å². The third kappa shape index (κ3) is 5.09. The van der Waals surface area contributed by atoms with E-state index in [2.05, 4.69) is 64.3 Å². The average Bonchev–Trinajstić information content (AvgIpc) is 3.39. The van der Waals surface area contributed by atoms with E-state index in [1.54, 1.807) is 6.20 Å². The number of anilines is 1. The quantitative estimate of drug-likeness (QED) is 0.509. The first-order chi connectivity index (χ1) is 15.7. The van der Waals surface area contributed by atoms with Gasteiger partial charge in [-0.1, -0.05) is 24.3 Å². The van der Waals surface area contributed by atoms with Crippen molar-refractivity contribution in [1.29, 1.82) is 0 Å². The van der Waals surface area contributed by atoms with E-state index in [0.717, 1.165) is 22.5 Å². The Morgan fingerprint density at radius 1 is 1.15 bits per heavy atom. The van der Waals surface area contributed by atoms with Gasteiger partial charge in [0.15, 0.2) is 5.11 Å². The van der Waals surface area contributed by atoms with Gasteiger partial charge in [0, 0.05) is 42.8 Å². The summed E-state index contributed by atoms with van der Waals surface area (Å²) in [5.41, 5.74) is 3.94. The largest absolute Gasteiger partial charge is 0.352 e. The Bertz CT molecular complexity index is 1130. The van der Waals surface area contributed by atoms with Gasteiger partial charge in [-0.15, -0.1) is 0 Å². The average molecular weight is 462 g/mol. The van der Waals surface area contributed by atoms with Gasteiger partial charge in [-0.3, -0.25) is 9.78 Å². The summed E-state index contributed by atoms with van der Waals surface area (Å²) in [7, 11) is 0. The molecule has 0 aliphatic carbocycles. The van der Waals surface area contributed by atoms with Crippen LogP contribution in [0.15, 0.2) is 67.1 Å². The molecule has 1 saturated heterocycles. The lowest BCUT2D eigenvalue weighted by molar-refractivity contribution is -0.116. The lowest BCUT2D eigenvalue weighted by atomic mass is 9.99. The lowest BCUT2D eigenvalue weighted by Crippen LogP contribution is -2.32. The van der Waals surface area contributed by atoms with E-state index in [0.29, 0.717) is 18.1 Å². The van der Waals surface area contributed by atoms with E-state index in [1.807, 2.05) is 49.4 Å². The smallest absolute Gasteiger partial charge is 0.226 e. The molecule has 3 heterocycles. The SMILES string of the molecule is Cc1ccccc1NC(=O)CCN1C(=S)N[C@@H](c2ccccn2)[C@@H]1c1ccn(C(C)(C)C)c1. The fourth-order valence-corrected chi connectivity index (χ4v) is 4.49. The molecule has 2 N–H and O–H groups in total. The van der Waals surface area contributed by atoms with Crippen molar-refractivity contribution in [2.75, 3.05) is 11.9 Å². The number of thiocarbonyl (C=S) groups is 1. The third-order valence-corrected chi connectivity index (χ3v) is 6.38. The summed E-state index contributed by atoms with van der Waals surface area (Å²) in [5, 5.41) is 7.12. The van der Waals surface area contributed by atoms with Crippen LogP contribution in [-0.2, 0) is 10.3 Å². The van der Waals surface area contributed by atoms with Crippen LogP contribution in [-0.4, -0.2) is 32.0 Å². The first-order valence-corrected chi connectivity index (χ1v) is 11.7. The predicted octanol–water partition coefficient (Wildman–Crippen LogP) is 4.95. The number of nitrogens with zero attached hydrogens (tertiary/aromatic N) is 3. The monoisotopic (exact) mass is 461 g/mol. The molecule has 0 bridgehead atoms. The standard InChI is InChI=1S/C26H31N5OS/c1-18-9-5-6-10-20(18)28-22(32)13-16-31-24(19-12-15-30(17-19)26(2,3)4)23(29-25(31)33)21-11-7-8-14-27-21/h5-12,14-15,17,23-24H,13,16H2,1-4H3,(H,28,32)(H,29,33)/t23-,24-/m0/s1. The molecular formula is C26H31N5OS. The van der Waals surface area contributed by atoms with Gasteiger partial charge in [0.05, 0.1) is 17.8 Å².